The summed E-state index contributed by atoms with van der Waals surface area (Å²) in [4.78, 5) is 43.2. The lowest BCUT2D eigenvalue weighted by Gasteiger charge is -2.35. The molecule has 1 saturated carbocycles. The maximum Gasteiger partial charge on any atom is 0.244 e. The van der Waals surface area contributed by atoms with Gasteiger partial charge in [-0.3, -0.25) is 14.4 Å². The van der Waals surface area contributed by atoms with E-state index in [0.717, 1.165) is 69.8 Å². The first kappa shape index (κ1) is 26.5. The Kier molecular flexibility index (Phi) is 8.44. The van der Waals surface area contributed by atoms with Crippen molar-refractivity contribution in [3.63, 3.8) is 0 Å². The van der Waals surface area contributed by atoms with Crippen molar-refractivity contribution < 1.29 is 19.5 Å². The maximum atomic E-state index is 14.0. The minimum Gasteiger partial charge on any atom is -0.396 e. The summed E-state index contributed by atoms with van der Waals surface area (Å²) in [7, 11) is 0. The van der Waals surface area contributed by atoms with Gasteiger partial charge in [0, 0.05) is 31.0 Å². The average molecular weight is 528 g/mol. The summed E-state index contributed by atoms with van der Waals surface area (Å²) in [5.74, 6) is -0.916. The van der Waals surface area contributed by atoms with Crippen LogP contribution >= 0.6 is 11.8 Å². The highest BCUT2D eigenvalue weighted by molar-refractivity contribution is 8.02. The summed E-state index contributed by atoms with van der Waals surface area (Å²) in [6, 6.07) is 9.52. The van der Waals surface area contributed by atoms with Gasteiger partial charge in [0.1, 0.15) is 6.04 Å². The Balaban J connectivity index is 1.34. The number of amides is 3. The Morgan fingerprint density at radius 2 is 1.76 bits per heavy atom. The molecule has 2 bridgehead atoms. The molecule has 5 rings (SSSR count). The van der Waals surface area contributed by atoms with Crippen LogP contribution in [0.25, 0.3) is 0 Å². The number of unbranched alkanes of at least 4 members (excludes halogenated alkanes) is 3. The lowest BCUT2D eigenvalue weighted by Crippen LogP contribution is -2.55. The van der Waals surface area contributed by atoms with Crippen molar-refractivity contribution in [1.29, 1.82) is 0 Å². The summed E-state index contributed by atoms with van der Waals surface area (Å²) < 4.78 is -0.514. The number of rotatable bonds is 11. The fourth-order valence-corrected chi connectivity index (χ4v) is 9.39. The highest BCUT2D eigenvalue weighted by Crippen LogP contribution is 2.66. The molecular formula is C29H41N3O4S. The van der Waals surface area contributed by atoms with Crippen molar-refractivity contribution in [3.05, 3.63) is 35.9 Å². The first-order valence-electron chi connectivity index (χ1n) is 14.3. The molecule has 1 aromatic rings. The summed E-state index contributed by atoms with van der Waals surface area (Å²) >= 11 is 1.74. The number of benzene rings is 1. The van der Waals surface area contributed by atoms with Crippen molar-refractivity contribution in [2.24, 2.45) is 11.8 Å². The second-order valence-electron chi connectivity index (χ2n) is 11.3. The molecule has 7 nitrogen and oxygen atoms in total. The van der Waals surface area contributed by atoms with Gasteiger partial charge in [0.25, 0.3) is 0 Å². The zero-order valence-corrected chi connectivity index (χ0v) is 22.5. The second-order valence-corrected chi connectivity index (χ2v) is 12.9. The zero-order chi connectivity index (χ0) is 25.8. The molecule has 3 saturated heterocycles. The maximum absolute atomic E-state index is 14.0. The van der Waals surface area contributed by atoms with Crippen LogP contribution < -0.4 is 10.6 Å². The monoisotopic (exact) mass is 527 g/mol. The van der Waals surface area contributed by atoms with Gasteiger partial charge in [0.2, 0.25) is 17.7 Å². The topological polar surface area (TPSA) is 98.7 Å². The van der Waals surface area contributed by atoms with Gasteiger partial charge in [-0.05, 0) is 44.1 Å². The SMILES string of the molecule is O=C(NC1CCCCC1)C1N(CCCCCCO)C(=O)[C@@H]2[C@H](C(=O)NCc3ccccc3)[C@@H]3CCC12S3. The Hall–Kier alpha value is -2.06. The third-order valence-electron chi connectivity index (χ3n) is 8.92. The van der Waals surface area contributed by atoms with E-state index < -0.39 is 16.7 Å². The Morgan fingerprint density at radius 1 is 1.00 bits per heavy atom. The lowest BCUT2D eigenvalue weighted by atomic mass is 9.70. The Bertz CT molecular complexity index is 969. The molecule has 0 radical (unpaired) electrons. The predicted molar refractivity (Wildman–Crippen MR) is 145 cm³/mol. The van der Waals surface area contributed by atoms with Crippen LogP contribution in [0.3, 0.4) is 0 Å². The molecule has 8 heteroatoms. The van der Waals surface area contributed by atoms with Gasteiger partial charge in [-0.2, -0.15) is 0 Å². The van der Waals surface area contributed by atoms with Crippen LogP contribution in [0.2, 0.25) is 0 Å². The Labute approximate surface area is 224 Å². The van der Waals surface area contributed by atoms with Crippen LogP contribution in [0.5, 0.6) is 0 Å². The third kappa shape index (κ3) is 5.29. The molecule has 3 amide bonds. The highest BCUT2D eigenvalue weighted by Gasteiger charge is 2.73. The number of nitrogens with one attached hydrogen (secondary N) is 2. The van der Waals surface area contributed by atoms with E-state index in [0.29, 0.717) is 13.1 Å². The molecule has 1 spiro atoms. The van der Waals surface area contributed by atoms with E-state index in [-0.39, 0.29) is 41.5 Å². The number of fused-ring (bicyclic) bond motifs is 1. The van der Waals surface area contributed by atoms with Gasteiger partial charge in [0.15, 0.2) is 0 Å². The van der Waals surface area contributed by atoms with E-state index in [1.165, 1.54) is 6.42 Å². The van der Waals surface area contributed by atoms with Crippen molar-refractivity contribution >= 4 is 29.5 Å². The molecular weight excluding hydrogens is 486 g/mol. The van der Waals surface area contributed by atoms with Crippen LogP contribution in [-0.4, -0.2) is 63.0 Å². The van der Waals surface area contributed by atoms with Crippen LogP contribution in [0.4, 0.5) is 0 Å². The summed E-state index contributed by atoms with van der Waals surface area (Å²) in [6.45, 7) is 1.16. The standard InChI is InChI=1S/C29H41N3O4S/c33-18-10-2-1-9-17-32-25(27(35)31-21-13-7-4-8-14-21)29-16-15-22(37-29)23(24(29)28(32)36)26(34)30-19-20-11-5-3-6-12-20/h3,5-6,11-12,21-25,33H,1-2,4,7-10,13-19H2,(H,30,34)(H,31,35)/t22-,23+,24-,25?,29?/m0/s1. The molecule has 2 unspecified atom stereocenters. The number of aliphatic hydroxyl groups excluding tert-OH is 1. The normalized spacial score (nSPS) is 30.9. The molecule has 4 aliphatic rings. The average Bonchev–Trinajstić information content (AvgIpc) is 3.56. The quantitative estimate of drug-likeness (QED) is 0.383. The van der Waals surface area contributed by atoms with Crippen LogP contribution in [0.15, 0.2) is 30.3 Å². The molecule has 3 heterocycles. The van der Waals surface area contributed by atoms with E-state index in [1.807, 2.05) is 35.2 Å². The van der Waals surface area contributed by atoms with Crippen molar-refractivity contribution in [1.82, 2.24) is 15.5 Å². The molecule has 3 aliphatic heterocycles. The van der Waals surface area contributed by atoms with E-state index in [9.17, 15) is 14.4 Å². The molecule has 4 fully saturated rings. The smallest absolute Gasteiger partial charge is 0.244 e. The van der Waals surface area contributed by atoms with Crippen molar-refractivity contribution in [2.75, 3.05) is 13.2 Å². The first-order valence-corrected chi connectivity index (χ1v) is 15.1. The number of hydrogen-bond acceptors (Lipinski definition) is 5. The minimum absolute atomic E-state index is 0.0134. The molecule has 5 atom stereocenters. The van der Waals surface area contributed by atoms with Crippen LogP contribution in [0, 0.1) is 11.8 Å². The number of nitrogens with zero attached hydrogens (tertiary/aromatic N) is 1. The number of carbonyl (C=O) groups excluding carboxylic acids is 3. The highest BCUT2D eigenvalue weighted by atomic mass is 32.2. The number of carbonyl (C=O) groups is 3. The molecule has 1 aromatic carbocycles. The number of aliphatic hydroxyl groups is 1. The Morgan fingerprint density at radius 3 is 2.51 bits per heavy atom. The fourth-order valence-electron chi connectivity index (χ4n) is 7.17. The van der Waals surface area contributed by atoms with Crippen molar-refractivity contribution in [3.8, 4) is 0 Å². The van der Waals surface area contributed by atoms with E-state index in [2.05, 4.69) is 10.6 Å². The fraction of sp³-hybridized carbons (Fsp3) is 0.690. The summed E-state index contributed by atoms with van der Waals surface area (Å²) in [5, 5.41) is 15.6. The number of likely N-dealkylation sites (tertiary alicyclic amines) is 1. The minimum atomic E-state index is -0.514. The van der Waals surface area contributed by atoms with E-state index >= 15 is 0 Å². The van der Waals surface area contributed by atoms with Gasteiger partial charge < -0.3 is 20.6 Å². The van der Waals surface area contributed by atoms with Crippen LogP contribution in [0.1, 0.15) is 76.2 Å². The first-order chi connectivity index (χ1) is 18.0. The summed E-state index contributed by atoms with van der Waals surface area (Å²) in [6.07, 6.45) is 10.6. The third-order valence-corrected chi connectivity index (χ3v) is 10.9. The molecule has 37 heavy (non-hydrogen) atoms. The summed E-state index contributed by atoms with van der Waals surface area (Å²) in [5.41, 5.74) is 1.04. The molecule has 202 valence electrons. The second kappa shape index (κ2) is 11.8. The molecule has 3 N–H and O–H groups in total. The van der Waals surface area contributed by atoms with E-state index in [4.69, 9.17) is 5.11 Å². The zero-order valence-electron chi connectivity index (χ0n) is 21.7. The molecule has 0 aromatic heterocycles. The largest absolute Gasteiger partial charge is 0.396 e. The molecule has 1 aliphatic carbocycles. The van der Waals surface area contributed by atoms with Crippen LogP contribution in [-0.2, 0) is 20.9 Å². The van der Waals surface area contributed by atoms with Gasteiger partial charge in [-0.1, -0.05) is 62.4 Å². The van der Waals surface area contributed by atoms with Gasteiger partial charge in [0.05, 0.1) is 16.6 Å². The number of hydrogen-bond donors (Lipinski definition) is 3. The van der Waals surface area contributed by atoms with Gasteiger partial charge in [-0.25, -0.2) is 0 Å². The lowest BCUT2D eigenvalue weighted by molar-refractivity contribution is -0.140. The van der Waals surface area contributed by atoms with Gasteiger partial charge >= 0.3 is 0 Å². The van der Waals surface area contributed by atoms with Gasteiger partial charge in [-0.15, -0.1) is 11.8 Å². The van der Waals surface area contributed by atoms with E-state index in [1.54, 1.807) is 11.8 Å². The van der Waals surface area contributed by atoms with Crippen molar-refractivity contribution in [2.45, 2.75) is 99.3 Å². The number of thioether (sulfide) groups is 1. The predicted octanol–water partition coefficient (Wildman–Crippen LogP) is 3.40.